The lowest BCUT2D eigenvalue weighted by atomic mass is 9.84. The number of ether oxygens (including phenoxy) is 1. The van der Waals surface area contributed by atoms with E-state index in [0.717, 1.165) is 44.3 Å². The van der Waals surface area contributed by atoms with Crippen LogP contribution in [0.1, 0.15) is 43.6 Å². The van der Waals surface area contributed by atoms with Crippen LogP contribution in [-0.2, 0) is 4.79 Å². The molecule has 3 aliphatic heterocycles. The molecule has 0 saturated carbocycles. The molecule has 0 radical (unpaired) electrons. The first-order valence-electron chi connectivity index (χ1n) is 8.49. The van der Waals surface area contributed by atoms with E-state index in [4.69, 9.17) is 4.74 Å². The van der Waals surface area contributed by atoms with E-state index >= 15 is 0 Å². The summed E-state index contributed by atoms with van der Waals surface area (Å²) in [5.41, 5.74) is -0.0760. The molecular weight excluding hydrogens is 440 g/mol. The molecule has 3 aliphatic rings. The van der Waals surface area contributed by atoms with Crippen LogP contribution < -0.4 is 10.1 Å². The van der Waals surface area contributed by atoms with Gasteiger partial charge in [0.15, 0.2) is 0 Å². The molecule has 130 valence electrons. The van der Waals surface area contributed by atoms with Gasteiger partial charge in [-0.1, -0.05) is 6.42 Å². The first-order chi connectivity index (χ1) is 11.6. The number of hydrogen-bond acceptors (Lipinski definition) is 4. The molecule has 1 aromatic carbocycles. The van der Waals surface area contributed by atoms with Gasteiger partial charge < -0.3 is 15.2 Å². The summed E-state index contributed by atoms with van der Waals surface area (Å²) in [6.45, 7) is 2.40. The number of nitrogens with zero attached hydrogens (tertiary/aromatic N) is 1. The van der Waals surface area contributed by atoms with Crippen molar-refractivity contribution >= 4 is 37.8 Å². The second-order valence-corrected chi connectivity index (χ2v) is 8.38. The number of piperidine rings is 1. The number of fused-ring (bicyclic) bond motifs is 3. The van der Waals surface area contributed by atoms with E-state index in [0.29, 0.717) is 21.2 Å². The van der Waals surface area contributed by atoms with Crippen molar-refractivity contribution in [2.24, 2.45) is 0 Å². The molecule has 2 saturated heterocycles. The summed E-state index contributed by atoms with van der Waals surface area (Å²) in [5, 5.41) is 13.4. The van der Waals surface area contributed by atoms with Crippen molar-refractivity contribution in [2.75, 3.05) is 19.6 Å². The number of halogens is 2. The van der Waals surface area contributed by atoms with E-state index in [2.05, 4.69) is 42.1 Å². The Labute approximate surface area is 158 Å². The van der Waals surface area contributed by atoms with Crippen molar-refractivity contribution in [1.29, 1.82) is 0 Å². The zero-order chi connectivity index (χ0) is 16.9. The summed E-state index contributed by atoms with van der Waals surface area (Å²) < 4.78 is 7.59. The number of phenols is 1. The minimum Gasteiger partial charge on any atom is -0.506 e. The lowest BCUT2D eigenvalue weighted by Crippen LogP contribution is -2.64. The highest BCUT2D eigenvalue weighted by Crippen LogP contribution is 2.56. The van der Waals surface area contributed by atoms with Gasteiger partial charge in [-0.25, -0.2) is 0 Å². The minimum absolute atomic E-state index is 0.0504. The zero-order valence-electron chi connectivity index (χ0n) is 13.3. The van der Waals surface area contributed by atoms with Crippen LogP contribution in [0.4, 0.5) is 0 Å². The first kappa shape index (κ1) is 16.7. The summed E-state index contributed by atoms with van der Waals surface area (Å²) in [7, 11) is 0. The average molecular weight is 460 g/mol. The predicted molar refractivity (Wildman–Crippen MR) is 97.3 cm³/mol. The van der Waals surface area contributed by atoms with Crippen molar-refractivity contribution < 1.29 is 14.6 Å². The highest BCUT2D eigenvalue weighted by molar-refractivity contribution is 9.11. The molecular formula is C17H20Br2N2O3. The Kier molecular flexibility index (Phi) is 4.29. The van der Waals surface area contributed by atoms with Crippen LogP contribution in [0, 0.1) is 0 Å². The van der Waals surface area contributed by atoms with Crippen molar-refractivity contribution in [3.05, 3.63) is 20.6 Å². The second-order valence-electron chi connectivity index (χ2n) is 6.73. The highest BCUT2D eigenvalue weighted by atomic mass is 79.9. The Balaban J connectivity index is 1.88. The van der Waals surface area contributed by atoms with Gasteiger partial charge in [-0.05, 0) is 63.6 Å². The van der Waals surface area contributed by atoms with E-state index in [1.54, 1.807) is 6.07 Å². The summed E-state index contributed by atoms with van der Waals surface area (Å²) in [4.78, 5) is 15.3. The largest absolute Gasteiger partial charge is 0.506 e. The lowest BCUT2D eigenvalue weighted by molar-refractivity contribution is -0.159. The van der Waals surface area contributed by atoms with Crippen LogP contribution in [0.5, 0.6) is 11.5 Å². The maximum absolute atomic E-state index is 13.1. The predicted octanol–water partition coefficient (Wildman–Crippen LogP) is 3.49. The van der Waals surface area contributed by atoms with Crippen molar-refractivity contribution in [3.63, 3.8) is 0 Å². The molecule has 7 heteroatoms. The van der Waals surface area contributed by atoms with Crippen LogP contribution in [0.25, 0.3) is 0 Å². The number of carbonyl (C=O) groups is 1. The Bertz CT molecular complexity index is 691. The number of carbonyl (C=O) groups excluding carboxylic acids is 1. The van der Waals surface area contributed by atoms with Crippen molar-refractivity contribution in [2.45, 2.75) is 43.7 Å². The molecule has 0 bridgehead atoms. The Morgan fingerprint density at radius 2 is 2.00 bits per heavy atom. The quantitative estimate of drug-likeness (QED) is 0.674. The number of rotatable bonds is 1. The molecule has 3 heterocycles. The summed E-state index contributed by atoms with van der Waals surface area (Å²) in [6, 6.07) is 1.78. The zero-order valence-corrected chi connectivity index (χ0v) is 16.5. The summed E-state index contributed by atoms with van der Waals surface area (Å²) in [6.07, 6.45) is 5.11. The Hall–Kier alpha value is -0.790. The number of aromatic hydroxyl groups is 1. The molecule has 24 heavy (non-hydrogen) atoms. The van der Waals surface area contributed by atoms with E-state index in [9.17, 15) is 9.90 Å². The van der Waals surface area contributed by atoms with Crippen LogP contribution in [0.3, 0.4) is 0 Å². The van der Waals surface area contributed by atoms with E-state index in [-0.39, 0.29) is 17.6 Å². The molecule has 1 aromatic rings. The van der Waals surface area contributed by atoms with Gasteiger partial charge >= 0.3 is 0 Å². The van der Waals surface area contributed by atoms with Crippen LogP contribution in [0.2, 0.25) is 0 Å². The van der Waals surface area contributed by atoms with E-state index in [1.807, 2.05) is 0 Å². The number of likely N-dealkylation sites (tertiary alicyclic amines) is 1. The van der Waals surface area contributed by atoms with E-state index < -0.39 is 5.72 Å². The van der Waals surface area contributed by atoms with Crippen LogP contribution in [0.15, 0.2) is 15.0 Å². The molecule has 1 amide bonds. The third kappa shape index (κ3) is 2.31. The number of phenolic OH excluding ortho intramolecular Hbond substituents is 1. The van der Waals surface area contributed by atoms with Gasteiger partial charge in [0, 0.05) is 25.2 Å². The maximum atomic E-state index is 13.1. The van der Waals surface area contributed by atoms with Gasteiger partial charge in [-0.3, -0.25) is 9.69 Å². The van der Waals surface area contributed by atoms with Gasteiger partial charge in [0.1, 0.15) is 11.5 Å². The monoisotopic (exact) mass is 458 g/mol. The third-order valence-corrected chi connectivity index (χ3v) is 6.79. The molecule has 0 aromatic heterocycles. The molecule has 2 atom stereocenters. The Morgan fingerprint density at radius 3 is 2.75 bits per heavy atom. The standard InChI is InChI=1S/C17H20Br2N2O3/c18-11-9-12-13(14(19)15(11)22)10-5-4-6-20-16(23)17(10,24-12)21-7-2-1-3-8-21/h9-10,22H,1-8H2,(H,20,23)/t10-,17-/m0/s1. The van der Waals surface area contributed by atoms with Gasteiger partial charge in [0.05, 0.1) is 14.9 Å². The first-order valence-corrected chi connectivity index (χ1v) is 10.1. The molecule has 0 unspecified atom stereocenters. The van der Waals surface area contributed by atoms with Gasteiger partial charge in [0.2, 0.25) is 5.72 Å². The molecule has 4 rings (SSSR count). The molecule has 2 N–H and O–H groups in total. The normalized spacial score (nSPS) is 30.1. The second kappa shape index (κ2) is 6.18. The number of amides is 1. The number of nitrogens with one attached hydrogen (secondary N) is 1. The fraction of sp³-hybridized carbons (Fsp3) is 0.588. The van der Waals surface area contributed by atoms with Crippen LogP contribution in [-0.4, -0.2) is 41.3 Å². The van der Waals surface area contributed by atoms with Gasteiger partial charge in [-0.15, -0.1) is 0 Å². The van der Waals surface area contributed by atoms with Gasteiger partial charge in [-0.2, -0.15) is 0 Å². The molecule has 0 aliphatic carbocycles. The SMILES string of the molecule is O=C1NCCC[C@H]2c3c(cc(Br)c(O)c3Br)O[C@]12N1CCCCC1. The minimum atomic E-state index is -0.991. The molecule has 0 spiro atoms. The van der Waals surface area contributed by atoms with Gasteiger partial charge in [0.25, 0.3) is 5.91 Å². The maximum Gasteiger partial charge on any atom is 0.280 e. The third-order valence-electron chi connectivity index (χ3n) is 5.39. The fourth-order valence-corrected chi connectivity index (χ4v) is 5.64. The average Bonchev–Trinajstić information content (AvgIpc) is 2.83. The Morgan fingerprint density at radius 1 is 1.25 bits per heavy atom. The number of benzene rings is 1. The number of hydrogen-bond donors (Lipinski definition) is 2. The summed E-state index contributed by atoms with van der Waals surface area (Å²) in [5.74, 6) is 0.711. The fourth-order valence-electron chi connectivity index (χ4n) is 4.28. The molecule has 5 nitrogen and oxygen atoms in total. The van der Waals surface area contributed by atoms with Crippen molar-refractivity contribution in [1.82, 2.24) is 10.2 Å². The lowest BCUT2D eigenvalue weighted by Gasteiger charge is -2.43. The van der Waals surface area contributed by atoms with E-state index in [1.165, 1.54) is 6.42 Å². The summed E-state index contributed by atoms with van der Waals surface area (Å²) >= 11 is 6.90. The highest BCUT2D eigenvalue weighted by Gasteiger charge is 2.59. The topological polar surface area (TPSA) is 61.8 Å². The van der Waals surface area contributed by atoms with Crippen LogP contribution >= 0.6 is 31.9 Å². The van der Waals surface area contributed by atoms with Crippen molar-refractivity contribution in [3.8, 4) is 11.5 Å². The molecule has 2 fully saturated rings. The smallest absolute Gasteiger partial charge is 0.280 e.